The van der Waals surface area contributed by atoms with Crippen LogP contribution in [0.2, 0.25) is 0 Å². The average molecular weight is 308 g/mol. The molecule has 1 unspecified atom stereocenters. The zero-order chi connectivity index (χ0) is 15.9. The van der Waals surface area contributed by atoms with E-state index in [1.807, 2.05) is 0 Å². The third-order valence-electron chi connectivity index (χ3n) is 3.84. The molecule has 2 heterocycles. The molecule has 2 aliphatic rings. The minimum absolute atomic E-state index is 0.236. The number of ether oxygens (including phenoxy) is 1. The second-order valence-electron chi connectivity index (χ2n) is 5.35. The predicted octanol–water partition coefficient (Wildman–Crippen LogP) is 0.458. The second-order valence-corrected chi connectivity index (χ2v) is 5.35. The molecule has 0 saturated carbocycles. The number of benzene rings is 1. The number of carbonyl (C=O) groups is 2. The molecule has 1 fully saturated rings. The zero-order valence-electron chi connectivity index (χ0n) is 11.9. The Balaban J connectivity index is 1.92. The minimum Gasteiger partial charge on any atom is -0.481 e. The third-order valence-corrected chi connectivity index (χ3v) is 3.84. The molecule has 0 spiro atoms. The van der Waals surface area contributed by atoms with Gasteiger partial charge in [-0.25, -0.2) is 4.79 Å². The summed E-state index contributed by atoms with van der Waals surface area (Å²) in [5.74, 6) is -1.31. The van der Waals surface area contributed by atoms with Crippen LogP contribution in [0.1, 0.15) is 18.4 Å². The average Bonchev–Trinajstić information content (AvgIpc) is 2.87. The molecule has 0 bridgehead atoms. The van der Waals surface area contributed by atoms with Crippen LogP contribution in [0.3, 0.4) is 0 Å². The Labute approximate surface area is 126 Å². The van der Waals surface area contributed by atoms with Crippen molar-refractivity contribution in [2.75, 3.05) is 18.1 Å². The number of aliphatic hydroxyl groups excluding tert-OH is 1. The molecule has 0 aliphatic carbocycles. The summed E-state index contributed by atoms with van der Waals surface area (Å²) in [6, 6.07) is 4.51. The van der Waals surface area contributed by atoms with Crippen molar-refractivity contribution < 1.29 is 29.4 Å². The number of rotatable bonds is 3. The highest BCUT2D eigenvalue weighted by Crippen LogP contribution is 2.36. The van der Waals surface area contributed by atoms with Gasteiger partial charge in [0.25, 0.3) is 0 Å². The number of nitrogens with zero attached hydrogens (tertiary/aromatic N) is 1. The number of carboxylic acids is 1. The normalized spacial score (nSPS) is 27.1. The first-order chi connectivity index (χ1) is 10.5. The number of fused-ring (bicyclic) bond motifs is 1. The lowest BCUT2D eigenvalue weighted by Gasteiger charge is -2.29. The summed E-state index contributed by atoms with van der Waals surface area (Å²) in [5, 5.41) is 18.4. The molecule has 3 N–H and O–H groups in total. The van der Waals surface area contributed by atoms with Gasteiger partial charge in [0.2, 0.25) is 0 Å². The van der Waals surface area contributed by atoms with Crippen molar-refractivity contribution in [3.63, 3.8) is 0 Å². The Morgan fingerprint density at radius 3 is 2.91 bits per heavy atom. The van der Waals surface area contributed by atoms with Crippen LogP contribution in [0.25, 0.3) is 0 Å². The molecule has 1 aromatic rings. The van der Waals surface area contributed by atoms with E-state index in [9.17, 15) is 14.7 Å². The number of hydroxylamine groups is 1. The molecular formula is C14H16N2O6. The quantitative estimate of drug-likeness (QED) is 0.744. The third kappa shape index (κ3) is 2.36. The number of hydrogen-bond acceptors (Lipinski definition) is 6. The lowest BCUT2D eigenvalue weighted by atomic mass is 9.91. The van der Waals surface area contributed by atoms with E-state index in [4.69, 9.17) is 14.7 Å². The standard InChI is InChI=1S/C14H16N2O6/c1-7-12(13(18)19)10-3-2-8(4-11(10)22-15-7)16-5-9(6-17)21-14(16)20/h2-4,7,9,12,15,17H,5-6H2,1H3,(H,18,19)/t7-,9-,12?/m1/s1. The lowest BCUT2D eigenvalue weighted by Crippen LogP contribution is -2.42. The fraction of sp³-hybridized carbons (Fsp3) is 0.429. The monoisotopic (exact) mass is 308 g/mol. The van der Waals surface area contributed by atoms with Gasteiger partial charge in [0.1, 0.15) is 12.0 Å². The van der Waals surface area contributed by atoms with Gasteiger partial charge in [-0.2, -0.15) is 5.48 Å². The fourth-order valence-electron chi connectivity index (χ4n) is 2.70. The van der Waals surface area contributed by atoms with Crippen molar-refractivity contribution >= 4 is 17.7 Å². The molecule has 0 aromatic heterocycles. The molecule has 1 amide bonds. The maximum atomic E-state index is 11.8. The van der Waals surface area contributed by atoms with Gasteiger partial charge < -0.3 is 19.8 Å². The number of carbonyl (C=O) groups excluding carboxylic acids is 1. The summed E-state index contributed by atoms with van der Waals surface area (Å²) in [5.41, 5.74) is 3.74. The molecule has 0 radical (unpaired) electrons. The SMILES string of the molecule is C[C@H]1NOc2cc(N3C[C@H](CO)OC3=O)ccc2C1C(=O)O. The summed E-state index contributed by atoms with van der Waals surface area (Å²) in [6.45, 7) is 1.71. The Morgan fingerprint density at radius 2 is 2.27 bits per heavy atom. The van der Waals surface area contributed by atoms with E-state index in [2.05, 4.69) is 5.48 Å². The molecule has 1 saturated heterocycles. The largest absolute Gasteiger partial charge is 0.481 e. The van der Waals surface area contributed by atoms with E-state index in [1.54, 1.807) is 25.1 Å². The summed E-state index contributed by atoms with van der Waals surface area (Å²) in [7, 11) is 0. The van der Waals surface area contributed by atoms with Crippen molar-refractivity contribution in [2.45, 2.75) is 25.0 Å². The zero-order valence-corrected chi connectivity index (χ0v) is 11.9. The smallest absolute Gasteiger partial charge is 0.414 e. The Bertz CT molecular complexity index is 619. The molecule has 3 rings (SSSR count). The first-order valence-electron chi connectivity index (χ1n) is 6.89. The van der Waals surface area contributed by atoms with Crippen molar-refractivity contribution in [3.05, 3.63) is 23.8 Å². The Kier molecular flexibility index (Phi) is 3.63. The van der Waals surface area contributed by atoms with Crippen LogP contribution >= 0.6 is 0 Å². The second kappa shape index (κ2) is 5.47. The number of carboxylic acid groups (broad SMARTS) is 1. The van der Waals surface area contributed by atoms with Crippen LogP contribution < -0.4 is 15.2 Å². The van der Waals surface area contributed by atoms with Crippen LogP contribution in [0.15, 0.2) is 18.2 Å². The summed E-state index contributed by atoms with van der Waals surface area (Å²) in [6.07, 6.45) is -1.11. The number of anilines is 1. The molecule has 3 atom stereocenters. The van der Waals surface area contributed by atoms with E-state index >= 15 is 0 Å². The molecule has 22 heavy (non-hydrogen) atoms. The van der Waals surface area contributed by atoms with Crippen LogP contribution in [0, 0.1) is 0 Å². The summed E-state index contributed by atoms with van der Waals surface area (Å²) >= 11 is 0. The molecule has 1 aromatic carbocycles. The number of cyclic esters (lactones) is 1. The van der Waals surface area contributed by atoms with Crippen LogP contribution in [0.4, 0.5) is 10.5 Å². The van der Waals surface area contributed by atoms with Crippen molar-refractivity contribution in [3.8, 4) is 5.75 Å². The number of aliphatic carboxylic acids is 1. The molecular weight excluding hydrogens is 292 g/mol. The number of amides is 1. The number of aliphatic hydroxyl groups is 1. The van der Waals surface area contributed by atoms with Gasteiger partial charge in [-0.15, -0.1) is 0 Å². The lowest BCUT2D eigenvalue weighted by molar-refractivity contribution is -0.140. The summed E-state index contributed by atoms with van der Waals surface area (Å²) < 4.78 is 4.98. The van der Waals surface area contributed by atoms with E-state index in [1.165, 1.54) is 4.90 Å². The topological polar surface area (TPSA) is 108 Å². The predicted molar refractivity (Wildman–Crippen MR) is 74.7 cm³/mol. The fourth-order valence-corrected chi connectivity index (χ4v) is 2.70. The van der Waals surface area contributed by atoms with Gasteiger partial charge in [-0.3, -0.25) is 9.69 Å². The molecule has 8 nitrogen and oxygen atoms in total. The molecule has 118 valence electrons. The first-order valence-corrected chi connectivity index (χ1v) is 6.89. The highest BCUT2D eigenvalue weighted by Gasteiger charge is 2.36. The van der Waals surface area contributed by atoms with Crippen molar-refractivity contribution in [2.24, 2.45) is 0 Å². The van der Waals surface area contributed by atoms with E-state index in [0.29, 0.717) is 17.0 Å². The van der Waals surface area contributed by atoms with Crippen LogP contribution in [0.5, 0.6) is 5.75 Å². The summed E-state index contributed by atoms with van der Waals surface area (Å²) in [4.78, 5) is 29.9. The van der Waals surface area contributed by atoms with Gasteiger partial charge in [0.05, 0.1) is 24.9 Å². The van der Waals surface area contributed by atoms with Crippen molar-refractivity contribution in [1.29, 1.82) is 0 Å². The Morgan fingerprint density at radius 1 is 1.50 bits per heavy atom. The van der Waals surface area contributed by atoms with Crippen molar-refractivity contribution in [1.82, 2.24) is 5.48 Å². The highest BCUT2D eigenvalue weighted by molar-refractivity contribution is 5.90. The van der Waals surface area contributed by atoms with Gasteiger partial charge in [0, 0.05) is 11.6 Å². The number of hydrogen-bond donors (Lipinski definition) is 3. The first kappa shape index (κ1) is 14.6. The van der Waals surface area contributed by atoms with Gasteiger partial charge in [-0.1, -0.05) is 6.07 Å². The van der Waals surface area contributed by atoms with E-state index in [-0.39, 0.29) is 19.2 Å². The van der Waals surface area contributed by atoms with Gasteiger partial charge in [0.15, 0.2) is 5.75 Å². The van der Waals surface area contributed by atoms with Gasteiger partial charge >= 0.3 is 12.1 Å². The minimum atomic E-state index is -0.946. The maximum Gasteiger partial charge on any atom is 0.414 e. The maximum absolute atomic E-state index is 11.8. The molecule has 8 heteroatoms. The van der Waals surface area contributed by atoms with Crippen LogP contribution in [-0.2, 0) is 9.53 Å². The van der Waals surface area contributed by atoms with E-state index in [0.717, 1.165) is 0 Å². The molecule has 2 aliphatic heterocycles. The highest BCUT2D eigenvalue weighted by atomic mass is 16.6. The van der Waals surface area contributed by atoms with E-state index < -0.39 is 24.1 Å². The number of nitrogens with one attached hydrogen (secondary N) is 1. The Hall–Kier alpha value is -2.32. The van der Waals surface area contributed by atoms with Gasteiger partial charge in [-0.05, 0) is 13.0 Å². The van der Waals surface area contributed by atoms with Crippen LogP contribution in [-0.4, -0.2) is 47.6 Å².